The van der Waals surface area contributed by atoms with Crippen molar-refractivity contribution in [3.63, 3.8) is 0 Å². The van der Waals surface area contributed by atoms with Gasteiger partial charge in [0.1, 0.15) is 0 Å². The van der Waals surface area contributed by atoms with E-state index in [1.165, 1.54) is 12.8 Å². The molecule has 0 aliphatic heterocycles. The normalized spacial score (nSPS) is 20.6. The van der Waals surface area contributed by atoms with Crippen LogP contribution in [0.1, 0.15) is 25.7 Å². The Bertz CT molecular complexity index is 862. The lowest BCUT2D eigenvalue weighted by Crippen LogP contribution is -2.43. The Kier molecular flexibility index (Phi) is 4.50. The summed E-state index contributed by atoms with van der Waals surface area (Å²) in [5.41, 5.74) is 8.32. The molecule has 1 aliphatic rings. The van der Waals surface area contributed by atoms with Crippen molar-refractivity contribution >= 4 is 44.5 Å². The Morgan fingerprint density at radius 3 is 2.72 bits per heavy atom. The number of nitrogens with two attached hydrogens (primary N) is 1. The zero-order valence-electron chi connectivity index (χ0n) is 13.5. The van der Waals surface area contributed by atoms with Gasteiger partial charge in [0.05, 0.1) is 0 Å². The summed E-state index contributed by atoms with van der Waals surface area (Å²) in [7, 11) is 0. The van der Waals surface area contributed by atoms with Crippen molar-refractivity contribution < 1.29 is 0 Å². The summed E-state index contributed by atoms with van der Waals surface area (Å²) in [6.45, 7) is 0. The molecule has 2 unspecified atom stereocenters. The molecule has 2 heterocycles. The molecule has 2 aromatic heterocycles. The van der Waals surface area contributed by atoms with Crippen molar-refractivity contribution in [2.24, 2.45) is 5.73 Å². The molecule has 4 rings (SSSR count). The van der Waals surface area contributed by atoms with Crippen molar-refractivity contribution in [3.8, 4) is 0 Å². The van der Waals surface area contributed by atoms with Crippen molar-refractivity contribution in [2.45, 2.75) is 37.8 Å². The molecular weight excluding hydrogens is 384 g/mol. The molecule has 9 heteroatoms. The Balaban J connectivity index is 1.63. The number of hydrogen-bond donors (Lipinski definition) is 4. The SMILES string of the molecule is NC1CCCCC1Nc1nc(Nc2ccc(Br)cc2)c2nn[nH]c2n1. The van der Waals surface area contributed by atoms with Gasteiger partial charge in [-0.1, -0.05) is 34.0 Å². The molecule has 1 fully saturated rings. The van der Waals surface area contributed by atoms with E-state index in [1.807, 2.05) is 24.3 Å². The number of hydrogen-bond acceptors (Lipinski definition) is 7. The number of anilines is 3. The summed E-state index contributed by atoms with van der Waals surface area (Å²) in [5.74, 6) is 1.13. The lowest BCUT2D eigenvalue weighted by Gasteiger charge is -2.29. The summed E-state index contributed by atoms with van der Waals surface area (Å²) in [5, 5.41) is 17.4. The van der Waals surface area contributed by atoms with Gasteiger partial charge in [-0.15, -0.1) is 5.10 Å². The number of nitrogens with one attached hydrogen (secondary N) is 3. The average Bonchev–Trinajstić information content (AvgIpc) is 3.08. The molecule has 0 radical (unpaired) electrons. The number of rotatable bonds is 4. The highest BCUT2D eigenvalue weighted by atomic mass is 79.9. The highest BCUT2D eigenvalue weighted by Gasteiger charge is 2.23. The van der Waals surface area contributed by atoms with E-state index in [0.717, 1.165) is 23.0 Å². The van der Waals surface area contributed by atoms with Crippen LogP contribution >= 0.6 is 15.9 Å². The van der Waals surface area contributed by atoms with Gasteiger partial charge >= 0.3 is 0 Å². The van der Waals surface area contributed by atoms with Crippen LogP contribution in [0.25, 0.3) is 11.2 Å². The van der Waals surface area contributed by atoms with Crippen LogP contribution in [0.15, 0.2) is 28.7 Å². The quantitative estimate of drug-likeness (QED) is 0.529. The Morgan fingerprint density at radius 2 is 1.92 bits per heavy atom. The second-order valence-electron chi connectivity index (χ2n) is 6.24. The van der Waals surface area contributed by atoms with Gasteiger partial charge in [0.25, 0.3) is 0 Å². The minimum atomic E-state index is 0.121. The Labute approximate surface area is 153 Å². The van der Waals surface area contributed by atoms with Gasteiger partial charge in [0.2, 0.25) is 5.95 Å². The van der Waals surface area contributed by atoms with Gasteiger partial charge in [-0.2, -0.15) is 9.97 Å². The highest BCUT2D eigenvalue weighted by Crippen LogP contribution is 2.25. The zero-order chi connectivity index (χ0) is 17.2. The van der Waals surface area contributed by atoms with E-state index in [2.05, 4.69) is 51.9 Å². The van der Waals surface area contributed by atoms with Crippen LogP contribution in [0, 0.1) is 0 Å². The first-order chi connectivity index (χ1) is 12.2. The molecule has 1 saturated carbocycles. The molecule has 8 nitrogen and oxygen atoms in total. The number of nitrogens with zero attached hydrogens (tertiary/aromatic N) is 4. The molecule has 0 saturated heterocycles. The minimum Gasteiger partial charge on any atom is -0.350 e. The molecule has 0 amide bonds. The van der Waals surface area contributed by atoms with E-state index in [9.17, 15) is 0 Å². The monoisotopic (exact) mass is 402 g/mol. The lowest BCUT2D eigenvalue weighted by molar-refractivity contribution is 0.402. The van der Waals surface area contributed by atoms with Crippen molar-refractivity contribution in [3.05, 3.63) is 28.7 Å². The molecule has 1 aliphatic carbocycles. The number of fused-ring (bicyclic) bond motifs is 1. The highest BCUT2D eigenvalue weighted by molar-refractivity contribution is 9.10. The van der Waals surface area contributed by atoms with Crippen LogP contribution in [0.3, 0.4) is 0 Å². The first-order valence-corrected chi connectivity index (χ1v) is 9.12. The summed E-state index contributed by atoms with van der Waals surface area (Å²) < 4.78 is 1.01. The van der Waals surface area contributed by atoms with Crippen LogP contribution in [-0.2, 0) is 0 Å². The summed E-state index contributed by atoms with van der Waals surface area (Å²) >= 11 is 3.43. The summed E-state index contributed by atoms with van der Waals surface area (Å²) in [6.07, 6.45) is 4.40. The van der Waals surface area contributed by atoms with Crippen molar-refractivity contribution in [1.82, 2.24) is 25.4 Å². The van der Waals surface area contributed by atoms with Crippen molar-refractivity contribution in [2.75, 3.05) is 10.6 Å². The third kappa shape index (κ3) is 3.57. The van der Waals surface area contributed by atoms with Gasteiger partial charge < -0.3 is 16.4 Å². The zero-order valence-corrected chi connectivity index (χ0v) is 15.1. The van der Waals surface area contributed by atoms with E-state index in [0.29, 0.717) is 22.9 Å². The van der Waals surface area contributed by atoms with Gasteiger partial charge in [-0.25, -0.2) is 5.10 Å². The third-order valence-electron chi connectivity index (χ3n) is 4.43. The average molecular weight is 403 g/mol. The lowest BCUT2D eigenvalue weighted by atomic mass is 9.91. The Morgan fingerprint density at radius 1 is 1.12 bits per heavy atom. The maximum atomic E-state index is 6.22. The molecule has 3 aromatic rings. The smallest absolute Gasteiger partial charge is 0.227 e. The molecule has 0 spiro atoms. The fourth-order valence-corrected chi connectivity index (χ4v) is 3.34. The maximum Gasteiger partial charge on any atom is 0.227 e. The molecule has 2 atom stereocenters. The van der Waals surface area contributed by atoms with Crippen LogP contribution in [0.4, 0.5) is 17.5 Å². The number of H-pyrrole nitrogens is 1. The molecule has 25 heavy (non-hydrogen) atoms. The second-order valence-corrected chi connectivity index (χ2v) is 7.15. The van der Waals surface area contributed by atoms with Crippen LogP contribution in [0.5, 0.6) is 0 Å². The van der Waals surface area contributed by atoms with Gasteiger partial charge in [-0.3, -0.25) is 0 Å². The van der Waals surface area contributed by atoms with E-state index < -0.39 is 0 Å². The number of aromatic amines is 1. The molecular formula is C16H19BrN8. The van der Waals surface area contributed by atoms with Gasteiger partial charge in [-0.05, 0) is 37.1 Å². The van der Waals surface area contributed by atoms with E-state index in [1.54, 1.807) is 0 Å². The molecule has 0 bridgehead atoms. The molecule has 5 N–H and O–H groups in total. The van der Waals surface area contributed by atoms with Crippen molar-refractivity contribution in [1.29, 1.82) is 0 Å². The largest absolute Gasteiger partial charge is 0.350 e. The van der Waals surface area contributed by atoms with Gasteiger partial charge in [0.15, 0.2) is 17.0 Å². The predicted molar refractivity (Wildman–Crippen MR) is 101 cm³/mol. The molecule has 130 valence electrons. The van der Waals surface area contributed by atoms with Crippen LogP contribution in [0.2, 0.25) is 0 Å². The number of benzene rings is 1. The summed E-state index contributed by atoms with van der Waals surface area (Å²) in [4.78, 5) is 9.07. The topological polar surface area (TPSA) is 117 Å². The number of aromatic nitrogens is 5. The second kappa shape index (κ2) is 6.93. The number of halogens is 1. The fraction of sp³-hybridized carbons (Fsp3) is 0.375. The third-order valence-corrected chi connectivity index (χ3v) is 4.96. The predicted octanol–water partition coefficient (Wildman–Crippen LogP) is 2.94. The van der Waals surface area contributed by atoms with Gasteiger partial charge in [0, 0.05) is 22.2 Å². The maximum absolute atomic E-state index is 6.22. The first-order valence-electron chi connectivity index (χ1n) is 8.32. The van der Waals surface area contributed by atoms with E-state index >= 15 is 0 Å². The fourth-order valence-electron chi connectivity index (χ4n) is 3.08. The standard InChI is InChI=1S/C16H19BrN8/c17-9-5-7-10(8-6-9)19-14-13-15(24-25-23-13)22-16(21-14)20-12-4-2-1-3-11(12)18/h5-8,11-12H,1-4,18H2,(H3,19,20,21,22,23,24,25). The first kappa shape index (κ1) is 16.2. The van der Waals surface area contributed by atoms with E-state index in [4.69, 9.17) is 5.73 Å². The van der Waals surface area contributed by atoms with Crippen LogP contribution in [-0.4, -0.2) is 37.5 Å². The summed E-state index contributed by atoms with van der Waals surface area (Å²) in [6, 6.07) is 8.15. The van der Waals surface area contributed by atoms with E-state index in [-0.39, 0.29) is 12.1 Å². The molecule has 1 aromatic carbocycles. The van der Waals surface area contributed by atoms with Crippen LogP contribution < -0.4 is 16.4 Å². The minimum absolute atomic E-state index is 0.121. The Hall–Kier alpha value is -2.26.